The van der Waals surface area contributed by atoms with Crippen molar-refractivity contribution in [3.05, 3.63) is 29.3 Å². The first kappa shape index (κ1) is 5.74. The van der Waals surface area contributed by atoms with Crippen LogP contribution in [0.1, 0.15) is 11.1 Å². The minimum atomic E-state index is 0.356. The minimum Gasteiger partial charge on any atom is -0.508 e. The third-order valence-electron chi connectivity index (χ3n) is 1.75. The molecule has 1 aliphatic rings. The summed E-state index contributed by atoms with van der Waals surface area (Å²) in [6.07, 6.45) is 0. The van der Waals surface area contributed by atoms with Crippen LogP contribution < -0.4 is 0 Å². The summed E-state index contributed by atoms with van der Waals surface area (Å²) in [6.45, 7) is 1.20. The van der Waals surface area contributed by atoms with Gasteiger partial charge in [0, 0.05) is 5.56 Å². The summed E-state index contributed by atoms with van der Waals surface area (Å²) < 4.78 is 5.14. The monoisotopic (exact) mass is 136 g/mol. The van der Waals surface area contributed by atoms with Crippen molar-refractivity contribution in [2.24, 2.45) is 0 Å². The topological polar surface area (TPSA) is 29.5 Å². The molecule has 0 aliphatic carbocycles. The van der Waals surface area contributed by atoms with Crippen LogP contribution in [0.5, 0.6) is 5.75 Å². The average molecular weight is 136 g/mol. The number of hydrogen-bond acceptors (Lipinski definition) is 2. The lowest BCUT2D eigenvalue weighted by Crippen LogP contribution is -1.80. The third kappa shape index (κ3) is 0.693. The van der Waals surface area contributed by atoms with E-state index in [0.717, 1.165) is 11.1 Å². The van der Waals surface area contributed by atoms with E-state index < -0.39 is 0 Å². The highest BCUT2D eigenvalue weighted by molar-refractivity contribution is 5.39. The molecule has 0 bridgehead atoms. The van der Waals surface area contributed by atoms with E-state index in [-0.39, 0.29) is 0 Å². The fourth-order valence-electron chi connectivity index (χ4n) is 1.19. The third-order valence-corrected chi connectivity index (χ3v) is 1.75. The van der Waals surface area contributed by atoms with Crippen LogP contribution in [-0.4, -0.2) is 5.11 Å². The quantitative estimate of drug-likeness (QED) is 0.584. The Labute approximate surface area is 59.1 Å². The lowest BCUT2D eigenvalue weighted by Gasteiger charge is -1.97. The molecule has 1 aromatic rings. The molecule has 0 aromatic heterocycles. The van der Waals surface area contributed by atoms with E-state index in [1.807, 2.05) is 12.1 Å². The van der Waals surface area contributed by atoms with Crippen molar-refractivity contribution < 1.29 is 9.84 Å². The van der Waals surface area contributed by atoms with Crippen molar-refractivity contribution in [3.63, 3.8) is 0 Å². The smallest absolute Gasteiger partial charge is 0.121 e. The van der Waals surface area contributed by atoms with Gasteiger partial charge in [0.2, 0.25) is 0 Å². The van der Waals surface area contributed by atoms with Gasteiger partial charge in [0.05, 0.1) is 13.2 Å². The molecule has 1 aromatic carbocycles. The molecule has 0 atom stereocenters. The number of aromatic hydroxyl groups is 1. The zero-order chi connectivity index (χ0) is 6.97. The Balaban J connectivity index is 2.59. The van der Waals surface area contributed by atoms with E-state index >= 15 is 0 Å². The van der Waals surface area contributed by atoms with Gasteiger partial charge in [-0.25, -0.2) is 0 Å². The van der Waals surface area contributed by atoms with Crippen LogP contribution in [0.25, 0.3) is 0 Å². The number of rotatable bonds is 0. The Kier molecular flexibility index (Phi) is 1.14. The van der Waals surface area contributed by atoms with Crippen LogP contribution >= 0.6 is 0 Å². The highest BCUT2D eigenvalue weighted by Crippen LogP contribution is 2.27. The molecule has 1 heterocycles. The van der Waals surface area contributed by atoms with Gasteiger partial charge in [-0.2, -0.15) is 0 Å². The second kappa shape index (κ2) is 1.99. The molecule has 2 nitrogen and oxygen atoms in total. The molecular weight excluding hydrogens is 128 g/mol. The molecule has 0 radical (unpaired) electrons. The highest BCUT2D eigenvalue weighted by Gasteiger charge is 2.13. The van der Waals surface area contributed by atoms with Gasteiger partial charge >= 0.3 is 0 Å². The molecule has 0 amide bonds. The van der Waals surface area contributed by atoms with Crippen molar-refractivity contribution in [1.82, 2.24) is 0 Å². The van der Waals surface area contributed by atoms with Crippen molar-refractivity contribution in [2.75, 3.05) is 0 Å². The van der Waals surface area contributed by atoms with E-state index in [2.05, 4.69) is 0 Å². The maximum absolute atomic E-state index is 9.25. The van der Waals surface area contributed by atoms with Crippen molar-refractivity contribution in [2.45, 2.75) is 13.2 Å². The van der Waals surface area contributed by atoms with Gasteiger partial charge < -0.3 is 9.84 Å². The van der Waals surface area contributed by atoms with Gasteiger partial charge in [0.25, 0.3) is 0 Å². The number of fused-ring (bicyclic) bond motifs is 1. The SMILES string of the molecule is Oc1cccc2c1COC2. The highest BCUT2D eigenvalue weighted by atomic mass is 16.5. The molecule has 0 spiro atoms. The van der Waals surface area contributed by atoms with Crippen LogP contribution in [0.3, 0.4) is 0 Å². The average Bonchev–Trinajstić information content (AvgIpc) is 2.36. The molecule has 0 unspecified atom stereocenters. The fourth-order valence-corrected chi connectivity index (χ4v) is 1.19. The summed E-state index contributed by atoms with van der Waals surface area (Å²) in [5.74, 6) is 0.356. The lowest BCUT2D eigenvalue weighted by molar-refractivity contribution is 0.133. The van der Waals surface area contributed by atoms with Crippen LogP contribution in [0.15, 0.2) is 18.2 Å². The first-order chi connectivity index (χ1) is 4.88. The van der Waals surface area contributed by atoms with E-state index in [4.69, 9.17) is 4.74 Å². The van der Waals surface area contributed by atoms with E-state index in [0.29, 0.717) is 19.0 Å². The molecular formula is C8H8O2. The molecule has 1 aliphatic heterocycles. The molecule has 0 saturated heterocycles. The summed E-state index contributed by atoms with van der Waals surface area (Å²) in [4.78, 5) is 0. The molecule has 2 heteroatoms. The van der Waals surface area contributed by atoms with Gasteiger partial charge in [-0.15, -0.1) is 0 Å². The standard InChI is InChI=1S/C8H8O2/c9-8-3-1-2-6-4-10-5-7(6)8/h1-3,9H,4-5H2. The number of benzene rings is 1. The second-order valence-corrected chi connectivity index (χ2v) is 2.41. The maximum Gasteiger partial charge on any atom is 0.121 e. The summed E-state index contributed by atoms with van der Waals surface area (Å²) in [5.41, 5.74) is 2.06. The molecule has 1 N–H and O–H groups in total. The molecule has 2 rings (SSSR count). The minimum absolute atomic E-state index is 0.356. The van der Waals surface area contributed by atoms with Gasteiger partial charge in [0.15, 0.2) is 0 Å². The summed E-state index contributed by atoms with van der Waals surface area (Å²) in [7, 11) is 0. The number of ether oxygens (including phenoxy) is 1. The van der Waals surface area contributed by atoms with E-state index in [1.165, 1.54) is 0 Å². The predicted octanol–water partition coefficient (Wildman–Crippen LogP) is 1.42. The van der Waals surface area contributed by atoms with Gasteiger partial charge in [-0.1, -0.05) is 12.1 Å². The number of hydrogen-bond donors (Lipinski definition) is 1. The van der Waals surface area contributed by atoms with Gasteiger partial charge in [0.1, 0.15) is 5.75 Å². The second-order valence-electron chi connectivity index (χ2n) is 2.41. The molecule has 0 fully saturated rings. The van der Waals surface area contributed by atoms with Crippen LogP contribution in [0.2, 0.25) is 0 Å². The Bertz CT molecular complexity index is 255. The Morgan fingerprint density at radius 2 is 2.20 bits per heavy atom. The van der Waals surface area contributed by atoms with Crippen molar-refractivity contribution in [3.8, 4) is 5.75 Å². The van der Waals surface area contributed by atoms with E-state index in [1.54, 1.807) is 6.07 Å². The van der Waals surface area contributed by atoms with Crippen molar-refractivity contribution >= 4 is 0 Å². The zero-order valence-electron chi connectivity index (χ0n) is 5.50. The number of phenols is 1. The largest absolute Gasteiger partial charge is 0.508 e. The Morgan fingerprint density at radius 3 is 3.00 bits per heavy atom. The Hall–Kier alpha value is -1.02. The van der Waals surface area contributed by atoms with Gasteiger partial charge in [-0.05, 0) is 11.6 Å². The summed E-state index contributed by atoms with van der Waals surface area (Å²) >= 11 is 0. The van der Waals surface area contributed by atoms with E-state index in [9.17, 15) is 5.11 Å². The molecule has 52 valence electrons. The maximum atomic E-state index is 9.25. The Morgan fingerprint density at radius 1 is 1.30 bits per heavy atom. The first-order valence-electron chi connectivity index (χ1n) is 3.25. The summed E-state index contributed by atoms with van der Waals surface area (Å²) in [5, 5.41) is 9.25. The van der Waals surface area contributed by atoms with Crippen LogP contribution in [-0.2, 0) is 18.0 Å². The van der Waals surface area contributed by atoms with Gasteiger partial charge in [-0.3, -0.25) is 0 Å². The summed E-state index contributed by atoms with van der Waals surface area (Å²) in [6, 6.07) is 5.50. The van der Waals surface area contributed by atoms with Crippen molar-refractivity contribution in [1.29, 1.82) is 0 Å². The number of phenolic OH excluding ortho intramolecular Hbond substituents is 1. The van der Waals surface area contributed by atoms with Crippen LogP contribution in [0.4, 0.5) is 0 Å². The molecule has 0 saturated carbocycles. The zero-order valence-corrected chi connectivity index (χ0v) is 5.50. The first-order valence-corrected chi connectivity index (χ1v) is 3.25. The fraction of sp³-hybridized carbons (Fsp3) is 0.250. The predicted molar refractivity (Wildman–Crippen MR) is 36.6 cm³/mol. The normalized spacial score (nSPS) is 15.2. The molecule has 10 heavy (non-hydrogen) atoms. The van der Waals surface area contributed by atoms with Crippen LogP contribution in [0, 0.1) is 0 Å². The lowest BCUT2D eigenvalue weighted by atomic mass is 10.1.